The van der Waals surface area contributed by atoms with Crippen LogP contribution in [-0.2, 0) is 0 Å². The quantitative estimate of drug-likeness (QED) is 0.861. The first kappa shape index (κ1) is 15.8. The van der Waals surface area contributed by atoms with Gasteiger partial charge in [-0.2, -0.15) is 0 Å². The summed E-state index contributed by atoms with van der Waals surface area (Å²) in [5, 5.41) is 0.465. The minimum Gasteiger partial charge on any atom is -0.366 e. The van der Waals surface area contributed by atoms with Crippen molar-refractivity contribution in [1.82, 2.24) is 0 Å². The molecule has 0 atom stereocenters. The first-order valence-electron chi connectivity index (χ1n) is 6.61. The zero-order chi connectivity index (χ0) is 16.1. The highest BCUT2D eigenvalue weighted by Crippen LogP contribution is 2.23. The molecule has 2 amide bonds. The largest absolute Gasteiger partial charge is 0.366 e. The van der Waals surface area contributed by atoms with Crippen LogP contribution in [0, 0.1) is 0 Å². The maximum absolute atomic E-state index is 12.7. The summed E-state index contributed by atoms with van der Waals surface area (Å²) < 4.78 is 0. The van der Waals surface area contributed by atoms with Gasteiger partial charge in [0.15, 0.2) is 0 Å². The number of para-hydroxylation sites is 1. The highest BCUT2D eigenvalue weighted by molar-refractivity contribution is 6.31. The summed E-state index contributed by atoms with van der Waals surface area (Å²) in [5.74, 6) is -0.875. The van der Waals surface area contributed by atoms with E-state index in [9.17, 15) is 9.59 Å². The van der Waals surface area contributed by atoms with Crippen LogP contribution >= 0.6 is 11.6 Å². The molecular formula is C17H15ClN2O2. The van der Waals surface area contributed by atoms with Crippen LogP contribution in [0.4, 0.5) is 5.69 Å². The second kappa shape index (κ2) is 6.91. The predicted octanol–water partition coefficient (Wildman–Crippen LogP) is 3.27. The molecule has 0 saturated carbocycles. The fourth-order valence-corrected chi connectivity index (χ4v) is 2.30. The molecule has 2 rings (SSSR count). The Morgan fingerprint density at radius 1 is 1.18 bits per heavy atom. The van der Waals surface area contributed by atoms with E-state index in [4.69, 9.17) is 17.3 Å². The summed E-state index contributed by atoms with van der Waals surface area (Å²) >= 11 is 5.93. The van der Waals surface area contributed by atoms with Crippen molar-refractivity contribution in [1.29, 1.82) is 0 Å². The molecule has 0 aromatic heterocycles. The normalized spacial score (nSPS) is 10.0. The fourth-order valence-electron chi connectivity index (χ4n) is 2.11. The van der Waals surface area contributed by atoms with Crippen molar-refractivity contribution in [3.05, 3.63) is 77.3 Å². The van der Waals surface area contributed by atoms with Crippen LogP contribution in [0.25, 0.3) is 0 Å². The van der Waals surface area contributed by atoms with Crippen LogP contribution in [0.5, 0.6) is 0 Å². The molecule has 0 heterocycles. The van der Waals surface area contributed by atoms with Crippen molar-refractivity contribution < 1.29 is 9.59 Å². The topological polar surface area (TPSA) is 63.4 Å². The van der Waals surface area contributed by atoms with Crippen LogP contribution in [0.2, 0.25) is 5.02 Å². The van der Waals surface area contributed by atoms with Crippen molar-refractivity contribution in [2.24, 2.45) is 5.73 Å². The van der Waals surface area contributed by atoms with Crippen LogP contribution in [0.15, 0.2) is 61.2 Å². The molecule has 5 heteroatoms. The fraction of sp³-hybridized carbons (Fsp3) is 0.0588. The van der Waals surface area contributed by atoms with Gasteiger partial charge in [-0.3, -0.25) is 9.59 Å². The Labute approximate surface area is 133 Å². The number of primary amides is 1. The molecule has 0 unspecified atom stereocenters. The molecule has 0 fully saturated rings. The van der Waals surface area contributed by atoms with E-state index in [1.807, 2.05) is 0 Å². The molecular weight excluding hydrogens is 300 g/mol. The Kier molecular flexibility index (Phi) is 4.96. The van der Waals surface area contributed by atoms with Gasteiger partial charge < -0.3 is 10.6 Å². The van der Waals surface area contributed by atoms with Crippen molar-refractivity contribution >= 4 is 29.1 Å². The van der Waals surface area contributed by atoms with Gasteiger partial charge in [0.2, 0.25) is 0 Å². The number of hydrogen-bond acceptors (Lipinski definition) is 2. The van der Waals surface area contributed by atoms with E-state index in [-0.39, 0.29) is 18.0 Å². The van der Waals surface area contributed by atoms with E-state index in [1.54, 1.807) is 54.6 Å². The summed E-state index contributed by atoms with van der Waals surface area (Å²) in [4.78, 5) is 25.8. The van der Waals surface area contributed by atoms with Gasteiger partial charge in [0, 0.05) is 17.1 Å². The number of nitrogens with zero attached hydrogens (tertiary/aromatic N) is 1. The van der Waals surface area contributed by atoms with Crippen LogP contribution in [0.3, 0.4) is 0 Å². The molecule has 22 heavy (non-hydrogen) atoms. The molecule has 0 aliphatic carbocycles. The third-order valence-corrected chi connectivity index (χ3v) is 3.32. The third kappa shape index (κ3) is 3.35. The number of nitrogens with two attached hydrogens (primary N) is 1. The number of carbonyl (C=O) groups excluding carboxylic acids is 2. The molecule has 0 spiro atoms. The zero-order valence-electron chi connectivity index (χ0n) is 11.8. The lowest BCUT2D eigenvalue weighted by atomic mass is 10.1. The summed E-state index contributed by atoms with van der Waals surface area (Å²) in [6, 6.07) is 13.3. The Bertz CT molecular complexity index is 728. The molecule has 4 nitrogen and oxygen atoms in total. The van der Waals surface area contributed by atoms with Gasteiger partial charge in [-0.05, 0) is 30.3 Å². The van der Waals surface area contributed by atoms with Crippen LogP contribution in [0.1, 0.15) is 20.7 Å². The van der Waals surface area contributed by atoms with Crippen molar-refractivity contribution in [2.75, 3.05) is 11.4 Å². The van der Waals surface area contributed by atoms with E-state index in [0.29, 0.717) is 16.3 Å². The Morgan fingerprint density at radius 2 is 1.91 bits per heavy atom. The molecule has 0 aliphatic heterocycles. The lowest BCUT2D eigenvalue weighted by Crippen LogP contribution is -2.33. The van der Waals surface area contributed by atoms with Crippen molar-refractivity contribution in [3.63, 3.8) is 0 Å². The van der Waals surface area contributed by atoms with E-state index in [1.165, 1.54) is 4.90 Å². The summed E-state index contributed by atoms with van der Waals surface area (Å²) in [6.07, 6.45) is 1.58. The van der Waals surface area contributed by atoms with Gasteiger partial charge in [-0.15, -0.1) is 6.58 Å². The maximum atomic E-state index is 12.7. The molecule has 2 aromatic carbocycles. The molecule has 0 bridgehead atoms. The third-order valence-electron chi connectivity index (χ3n) is 3.09. The first-order valence-corrected chi connectivity index (χ1v) is 6.99. The maximum Gasteiger partial charge on any atom is 0.258 e. The average Bonchev–Trinajstić information content (AvgIpc) is 2.52. The van der Waals surface area contributed by atoms with E-state index < -0.39 is 5.91 Å². The van der Waals surface area contributed by atoms with Gasteiger partial charge in [-0.1, -0.05) is 35.9 Å². The summed E-state index contributed by atoms with van der Waals surface area (Å²) in [7, 11) is 0. The van der Waals surface area contributed by atoms with Crippen molar-refractivity contribution in [2.45, 2.75) is 0 Å². The summed E-state index contributed by atoms with van der Waals surface area (Å²) in [6.45, 7) is 3.90. The van der Waals surface area contributed by atoms with E-state index in [2.05, 4.69) is 6.58 Å². The number of anilines is 1. The number of amides is 2. The van der Waals surface area contributed by atoms with Gasteiger partial charge in [-0.25, -0.2) is 0 Å². The number of carbonyl (C=O) groups is 2. The van der Waals surface area contributed by atoms with Crippen LogP contribution in [-0.4, -0.2) is 18.4 Å². The van der Waals surface area contributed by atoms with Crippen LogP contribution < -0.4 is 10.6 Å². The second-order valence-electron chi connectivity index (χ2n) is 4.60. The average molecular weight is 315 g/mol. The van der Waals surface area contributed by atoms with Gasteiger partial charge >= 0.3 is 0 Å². The van der Waals surface area contributed by atoms with Gasteiger partial charge in [0.1, 0.15) is 0 Å². The highest BCUT2D eigenvalue weighted by atomic mass is 35.5. The minimum atomic E-state index is -0.594. The lowest BCUT2D eigenvalue weighted by molar-refractivity contribution is 0.0989. The van der Waals surface area contributed by atoms with Crippen molar-refractivity contribution in [3.8, 4) is 0 Å². The molecule has 112 valence electrons. The molecule has 0 saturated heterocycles. The standard InChI is InChI=1S/C17H15ClN2O2/c1-2-10-20(15-9-4-3-8-14(15)16(19)21)17(22)12-6-5-7-13(18)11-12/h2-9,11H,1,10H2,(H2,19,21). The molecule has 0 radical (unpaired) electrons. The number of benzene rings is 2. The summed E-state index contributed by atoms with van der Waals surface area (Å²) in [5.41, 5.74) is 6.53. The monoisotopic (exact) mass is 314 g/mol. The van der Waals surface area contributed by atoms with E-state index in [0.717, 1.165) is 0 Å². The Morgan fingerprint density at radius 3 is 2.55 bits per heavy atom. The number of rotatable bonds is 5. The van der Waals surface area contributed by atoms with Gasteiger partial charge in [0.05, 0.1) is 11.3 Å². The SMILES string of the molecule is C=CCN(C(=O)c1cccc(Cl)c1)c1ccccc1C(N)=O. The first-order chi connectivity index (χ1) is 10.5. The van der Waals surface area contributed by atoms with E-state index >= 15 is 0 Å². The zero-order valence-corrected chi connectivity index (χ0v) is 12.6. The van der Waals surface area contributed by atoms with Gasteiger partial charge in [0.25, 0.3) is 11.8 Å². The minimum absolute atomic E-state index is 0.246. The molecule has 2 N–H and O–H groups in total. The smallest absolute Gasteiger partial charge is 0.258 e. The number of halogens is 1. The second-order valence-corrected chi connectivity index (χ2v) is 5.03. The lowest BCUT2D eigenvalue weighted by Gasteiger charge is -2.23. The predicted molar refractivity (Wildman–Crippen MR) is 88.3 cm³/mol. The Balaban J connectivity index is 2.49. The molecule has 2 aromatic rings. The Hall–Kier alpha value is -2.59. The number of hydrogen-bond donors (Lipinski definition) is 1. The molecule has 0 aliphatic rings. The highest BCUT2D eigenvalue weighted by Gasteiger charge is 2.21.